The molecule has 0 heterocycles. The molecule has 0 unspecified atom stereocenters. The van der Waals surface area contributed by atoms with Crippen molar-refractivity contribution in [3.63, 3.8) is 0 Å². The van der Waals surface area contributed by atoms with Gasteiger partial charge in [0.15, 0.2) is 6.10 Å². The van der Waals surface area contributed by atoms with Crippen LogP contribution in [0.2, 0.25) is 0 Å². The molecular formula is C19H19BrN2O2. The van der Waals surface area contributed by atoms with Gasteiger partial charge in [0.25, 0.3) is 5.91 Å². The van der Waals surface area contributed by atoms with Crippen molar-refractivity contribution in [1.29, 1.82) is 0 Å². The maximum absolute atomic E-state index is 12.0. The molecule has 0 radical (unpaired) electrons. The molecule has 0 spiro atoms. The average Bonchev–Trinajstić information content (AvgIpc) is 2.60. The number of allylic oxidation sites excluding steroid dienone is 1. The van der Waals surface area contributed by atoms with Crippen molar-refractivity contribution >= 4 is 27.9 Å². The van der Waals surface area contributed by atoms with Crippen LogP contribution in [0.25, 0.3) is 6.08 Å². The lowest BCUT2D eigenvalue weighted by molar-refractivity contribution is -0.128. The van der Waals surface area contributed by atoms with Crippen molar-refractivity contribution in [2.75, 3.05) is 0 Å². The van der Waals surface area contributed by atoms with Gasteiger partial charge in [-0.15, -0.1) is 0 Å². The third-order valence-corrected chi connectivity index (χ3v) is 3.65. The fraction of sp³-hybridized carbons (Fsp3) is 0.105. The SMILES string of the molecule is C=C(/C=C/c1ccccc1)NNC(=O)[C@@H](C)Oc1ccc(Br)cc1. The van der Waals surface area contributed by atoms with Crippen LogP contribution in [0.5, 0.6) is 5.75 Å². The van der Waals surface area contributed by atoms with Crippen molar-refractivity contribution in [3.05, 3.63) is 83.0 Å². The van der Waals surface area contributed by atoms with Gasteiger partial charge in [0.05, 0.1) is 0 Å². The fourth-order valence-electron chi connectivity index (χ4n) is 1.82. The van der Waals surface area contributed by atoms with E-state index in [1.54, 1.807) is 25.1 Å². The monoisotopic (exact) mass is 386 g/mol. The van der Waals surface area contributed by atoms with E-state index in [0.29, 0.717) is 11.4 Å². The average molecular weight is 387 g/mol. The van der Waals surface area contributed by atoms with Gasteiger partial charge in [-0.1, -0.05) is 58.9 Å². The molecule has 24 heavy (non-hydrogen) atoms. The number of amides is 1. The summed E-state index contributed by atoms with van der Waals surface area (Å²) in [4.78, 5) is 12.0. The second-order valence-corrected chi connectivity index (χ2v) is 6.01. The van der Waals surface area contributed by atoms with Crippen molar-refractivity contribution in [1.82, 2.24) is 10.9 Å². The van der Waals surface area contributed by atoms with Crippen molar-refractivity contribution in [2.45, 2.75) is 13.0 Å². The van der Waals surface area contributed by atoms with Crippen LogP contribution in [0, 0.1) is 0 Å². The molecule has 2 aromatic rings. The summed E-state index contributed by atoms with van der Waals surface area (Å²) < 4.78 is 6.53. The van der Waals surface area contributed by atoms with Crippen molar-refractivity contribution < 1.29 is 9.53 Å². The van der Waals surface area contributed by atoms with Gasteiger partial charge in [0, 0.05) is 10.2 Å². The number of rotatable bonds is 7. The predicted octanol–water partition coefficient (Wildman–Crippen LogP) is 4.06. The molecule has 0 aliphatic heterocycles. The van der Waals surface area contributed by atoms with Gasteiger partial charge in [-0.2, -0.15) is 0 Å². The zero-order chi connectivity index (χ0) is 17.4. The lowest BCUT2D eigenvalue weighted by Crippen LogP contribution is -2.43. The minimum absolute atomic E-state index is 0.285. The minimum atomic E-state index is -0.635. The Balaban J connectivity index is 1.78. The normalized spacial score (nSPS) is 11.8. The zero-order valence-electron chi connectivity index (χ0n) is 13.3. The third kappa shape index (κ3) is 5.93. The Kier molecular flexibility index (Phi) is 6.63. The summed E-state index contributed by atoms with van der Waals surface area (Å²) in [5.74, 6) is 0.343. The summed E-state index contributed by atoms with van der Waals surface area (Å²) in [7, 11) is 0. The molecule has 1 atom stereocenters. The van der Waals surface area contributed by atoms with Crippen LogP contribution in [-0.2, 0) is 4.79 Å². The topological polar surface area (TPSA) is 50.4 Å². The summed E-state index contributed by atoms with van der Waals surface area (Å²) in [6.07, 6.45) is 3.06. The van der Waals surface area contributed by atoms with Crippen molar-refractivity contribution in [2.24, 2.45) is 0 Å². The van der Waals surface area contributed by atoms with Crippen LogP contribution in [-0.4, -0.2) is 12.0 Å². The number of carbonyl (C=O) groups excluding carboxylic acids is 1. The highest BCUT2D eigenvalue weighted by Gasteiger charge is 2.14. The Hall–Kier alpha value is -2.53. The largest absolute Gasteiger partial charge is 0.481 e. The van der Waals surface area contributed by atoms with Crippen LogP contribution in [0.1, 0.15) is 12.5 Å². The second-order valence-electron chi connectivity index (χ2n) is 5.10. The molecule has 0 fully saturated rings. The Labute approximate surface area is 150 Å². The summed E-state index contributed by atoms with van der Waals surface area (Å²) in [6, 6.07) is 17.1. The van der Waals surface area contributed by atoms with Gasteiger partial charge in [-0.25, -0.2) is 0 Å². The Morgan fingerprint density at radius 1 is 1.12 bits per heavy atom. The number of nitrogens with one attached hydrogen (secondary N) is 2. The molecule has 0 saturated heterocycles. The number of hydrogen-bond donors (Lipinski definition) is 2. The summed E-state index contributed by atoms with van der Waals surface area (Å²) >= 11 is 3.35. The van der Waals surface area contributed by atoms with E-state index >= 15 is 0 Å². The standard InChI is InChI=1S/C19H19BrN2O2/c1-14(8-9-16-6-4-3-5-7-16)21-22-19(23)15(2)24-18-12-10-17(20)11-13-18/h3-13,15,21H,1H2,2H3,(H,22,23)/b9-8+/t15-/m1/s1. The van der Waals surface area contributed by atoms with Crippen LogP contribution >= 0.6 is 15.9 Å². The van der Waals surface area contributed by atoms with Crippen LogP contribution in [0.15, 0.2) is 77.4 Å². The number of hydrogen-bond acceptors (Lipinski definition) is 3. The highest BCUT2D eigenvalue weighted by atomic mass is 79.9. The molecule has 4 nitrogen and oxygen atoms in total. The molecule has 1 amide bonds. The Morgan fingerprint density at radius 3 is 2.46 bits per heavy atom. The Morgan fingerprint density at radius 2 is 1.79 bits per heavy atom. The maximum atomic E-state index is 12.0. The maximum Gasteiger partial charge on any atom is 0.279 e. The highest BCUT2D eigenvalue weighted by Crippen LogP contribution is 2.17. The molecule has 0 aliphatic rings. The van der Waals surface area contributed by atoms with E-state index in [1.807, 2.05) is 48.5 Å². The highest BCUT2D eigenvalue weighted by molar-refractivity contribution is 9.10. The molecule has 2 aromatic carbocycles. The van der Waals surface area contributed by atoms with Gasteiger partial charge >= 0.3 is 0 Å². The number of hydrazine groups is 1. The molecule has 2 N–H and O–H groups in total. The molecule has 0 bridgehead atoms. The molecular weight excluding hydrogens is 368 g/mol. The molecule has 0 aromatic heterocycles. The smallest absolute Gasteiger partial charge is 0.279 e. The van der Waals surface area contributed by atoms with E-state index < -0.39 is 6.10 Å². The first kappa shape index (κ1) is 17.8. The van der Waals surface area contributed by atoms with E-state index in [-0.39, 0.29) is 5.91 Å². The first-order valence-electron chi connectivity index (χ1n) is 7.45. The number of halogens is 1. The van der Waals surface area contributed by atoms with Crippen LogP contribution < -0.4 is 15.6 Å². The van der Waals surface area contributed by atoms with Gasteiger partial charge < -0.3 is 4.74 Å². The van der Waals surface area contributed by atoms with Crippen LogP contribution in [0.3, 0.4) is 0 Å². The zero-order valence-corrected chi connectivity index (χ0v) is 14.9. The van der Waals surface area contributed by atoms with Crippen LogP contribution in [0.4, 0.5) is 0 Å². The first-order chi connectivity index (χ1) is 11.5. The van der Waals surface area contributed by atoms with E-state index in [4.69, 9.17) is 4.74 Å². The van der Waals surface area contributed by atoms with E-state index in [9.17, 15) is 4.79 Å². The quantitative estimate of drug-likeness (QED) is 0.557. The molecule has 2 rings (SSSR count). The second kappa shape index (κ2) is 8.93. The van der Waals surface area contributed by atoms with E-state index in [1.165, 1.54) is 0 Å². The van der Waals surface area contributed by atoms with Gasteiger partial charge in [-0.3, -0.25) is 15.6 Å². The molecule has 0 aliphatic carbocycles. The summed E-state index contributed by atoms with van der Waals surface area (Å²) in [6.45, 7) is 5.52. The lowest BCUT2D eigenvalue weighted by atomic mass is 10.2. The fourth-order valence-corrected chi connectivity index (χ4v) is 2.08. The summed E-state index contributed by atoms with van der Waals surface area (Å²) in [5, 5.41) is 0. The minimum Gasteiger partial charge on any atom is -0.481 e. The third-order valence-electron chi connectivity index (χ3n) is 3.12. The van der Waals surface area contributed by atoms with Gasteiger partial charge in [0.1, 0.15) is 5.75 Å². The van der Waals surface area contributed by atoms with Crippen molar-refractivity contribution in [3.8, 4) is 5.75 Å². The molecule has 124 valence electrons. The summed E-state index contributed by atoms with van der Waals surface area (Å²) in [5.41, 5.74) is 6.96. The van der Waals surface area contributed by atoms with E-state index in [2.05, 4.69) is 33.4 Å². The lowest BCUT2D eigenvalue weighted by Gasteiger charge is -2.15. The number of ether oxygens (including phenoxy) is 1. The number of carbonyl (C=O) groups is 1. The first-order valence-corrected chi connectivity index (χ1v) is 8.24. The van der Waals surface area contributed by atoms with Gasteiger partial charge in [0.2, 0.25) is 0 Å². The number of benzene rings is 2. The molecule has 5 heteroatoms. The van der Waals surface area contributed by atoms with E-state index in [0.717, 1.165) is 10.0 Å². The predicted molar refractivity (Wildman–Crippen MR) is 100 cm³/mol. The van der Waals surface area contributed by atoms with Gasteiger partial charge in [-0.05, 0) is 42.8 Å². The Bertz CT molecular complexity index is 712. The molecule has 0 saturated carbocycles.